The van der Waals surface area contributed by atoms with Crippen molar-refractivity contribution >= 4 is 23.0 Å². The standard InChI is InChI=1S/C33H34N6O3/c1-2-3-20-42-33(41)36-22-26-12-7-8-13-27(26)31-30(24-10-5-4-6-11-24)37-28-15-14-25(21-29(28)38-31)32(40)35-16-9-18-39-19-17-34-23-39/h4-8,10-15,17,19,21,23H,2-3,9,16,18,20,22H2,1H3,(H,35,40)(H,36,41). The summed E-state index contributed by atoms with van der Waals surface area (Å²) in [6.07, 6.45) is 7.52. The summed E-state index contributed by atoms with van der Waals surface area (Å²) < 4.78 is 7.25. The van der Waals surface area contributed by atoms with Crippen LogP contribution in [0.15, 0.2) is 91.5 Å². The Morgan fingerprint density at radius 1 is 0.881 bits per heavy atom. The van der Waals surface area contributed by atoms with E-state index in [0.29, 0.717) is 35.4 Å². The number of aromatic nitrogens is 4. The van der Waals surface area contributed by atoms with Crippen molar-refractivity contribution in [3.63, 3.8) is 0 Å². The van der Waals surface area contributed by atoms with Gasteiger partial charge in [0.15, 0.2) is 0 Å². The highest BCUT2D eigenvalue weighted by Crippen LogP contribution is 2.33. The fourth-order valence-corrected chi connectivity index (χ4v) is 4.60. The van der Waals surface area contributed by atoms with Crippen molar-refractivity contribution in [2.75, 3.05) is 13.2 Å². The maximum Gasteiger partial charge on any atom is 0.407 e. The molecule has 0 saturated carbocycles. The third-order valence-corrected chi connectivity index (χ3v) is 6.84. The van der Waals surface area contributed by atoms with Crippen molar-refractivity contribution in [1.82, 2.24) is 30.2 Å². The summed E-state index contributed by atoms with van der Waals surface area (Å²) in [4.78, 5) is 39.3. The van der Waals surface area contributed by atoms with Gasteiger partial charge in [0.1, 0.15) is 0 Å². The number of aryl methyl sites for hydroxylation is 1. The smallest absolute Gasteiger partial charge is 0.407 e. The molecule has 5 rings (SSSR count). The van der Waals surface area contributed by atoms with Gasteiger partial charge in [0.2, 0.25) is 0 Å². The first kappa shape index (κ1) is 28.5. The molecular formula is C33H34N6O3. The molecule has 2 amide bonds. The first-order valence-corrected chi connectivity index (χ1v) is 14.2. The zero-order valence-electron chi connectivity index (χ0n) is 23.6. The Bertz CT molecular complexity index is 1640. The predicted octanol–water partition coefficient (Wildman–Crippen LogP) is 6.01. The number of carbonyl (C=O) groups excluding carboxylic acids is 2. The molecule has 3 aromatic carbocycles. The van der Waals surface area contributed by atoms with Gasteiger partial charge < -0.3 is 19.9 Å². The number of hydrogen-bond acceptors (Lipinski definition) is 6. The lowest BCUT2D eigenvalue weighted by atomic mass is 9.99. The van der Waals surface area contributed by atoms with Crippen LogP contribution in [0.3, 0.4) is 0 Å². The molecule has 0 radical (unpaired) electrons. The van der Waals surface area contributed by atoms with Crippen molar-refractivity contribution in [3.05, 3.63) is 103 Å². The number of carbonyl (C=O) groups is 2. The van der Waals surface area contributed by atoms with E-state index >= 15 is 0 Å². The van der Waals surface area contributed by atoms with Crippen LogP contribution in [-0.2, 0) is 17.8 Å². The second-order valence-corrected chi connectivity index (χ2v) is 9.90. The predicted molar refractivity (Wildman–Crippen MR) is 163 cm³/mol. The third-order valence-electron chi connectivity index (χ3n) is 6.84. The molecule has 0 aliphatic carbocycles. The molecule has 0 saturated heterocycles. The van der Waals surface area contributed by atoms with Crippen LogP contribution < -0.4 is 10.6 Å². The summed E-state index contributed by atoms with van der Waals surface area (Å²) >= 11 is 0. The van der Waals surface area contributed by atoms with Crippen molar-refractivity contribution in [3.8, 4) is 22.5 Å². The lowest BCUT2D eigenvalue weighted by molar-refractivity contribution is 0.0952. The van der Waals surface area contributed by atoms with E-state index in [1.54, 1.807) is 24.7 Å². The molecule has 0 aliphatic heterocycles. The van der Waals surface area contributed by atoms with Crippen molar-refractivity contribution in [2.24, 2.45) is 0 Å². The van der Waals surface area contributed by atoms with Crippen LogP contribution in [0.5, 0.6) is 0 Å². The Morgan fingerprint density at radius 2 is 1.69 bits per heavy atom. The molecular weight excluding hydrogens is 528 g/mol. The number of ether oxygens (including phenoxy) is 1. The normalized spacial score (nSPS) is 10.9. The number of nitrogens with one attached hydrogen (secondary N) is 2. The van der Waals surface area contributed by atoms with Crippen LogP contribution in [0, 0.1) is 0 Å². The lowest BCUT2D eigenvalue weighted by Crippen LogP contribution is -2.25. The van der Waals surface area contributed by atoms with E-state index in [1.165, 1.54) is 0 Å². The van der Waals surface area contributed by atoms with E-state index in [1.807, 2.05) is 78.4 Å². The van der Waals surface area contributed by atoms with Crippen molar-refractivity contribution < 1.29 is 14.3 Å². The van der Waals surface area contributed by atoms with E-state index in [4.69, 9.17) is 14.7 Å². The third kappa shape index (κ3) is 7.17. The Labute approximate surface area is 245 Å². The Kier molecular flexibility index (Phi) is 9.51. The minimum atomic E-state index is -0.452. The molecule has 2 heterocycles. The van der Waals surface area contributed by atoms with Gasteiger partial charge >= 0.3 is 6.09 Å². The average molecular weight is 563 g/mol. The summed E-state index contributed by atoms with van der Waals surface area (Å²) in [6.45, 7) is 4.03. The first-order valence-electron chi connectivity index (χ1n) is 14.2. The molecule has 2 N–H and O–H groups in total. The molecule has 0 bridgehead atoms. The fourth-order valence-electron chi connectivity index (χ4n) is 4.60. The second-order valence-electron chi connectivity index (χ2n) is 9.90. The quantitative estimate of drug-likeness (QED) is 0.180. The van der Waals surface area contributed by atoms with Gasteiger partial charge in [0.05, 0.1) is 35.4 Å². The number of nitrogens with zero attached hydrogens (tertiary/aromatic N) is 4. The summed E-state index contributed by atoms with van der Waals surface area (Å²) in [5, 5.41) is 5.85. The summed E-state index contributed by atoms with van der Waals surface area (Å²) in [6, 6.07) is 23.1. The maximum atomic E-state index is 13.0. The number of imidazole rings is 1. The lowest BCUT2D eigenvalue weighted by Gasteiger charge is -2.15. The summed E-state index contributed by atoms with van der Waals surface area (Å²) in [7, 11) is 0. The average Bonchev–Trinajstić information content (AvgIpc) is 3.55. The van der Waals surface area contributed by atoms with Crippen molar-refractivity contribution in [2.45, 2.75) is 39.3 Å². The number of hydrogen-bond donors (Lipinski definition) is 2. The van der Waals surface area contributed by atoms with Gasteiger partial charge in [0, 0.05) is 48.7 Å². The molecule has 0 unspecified atom stereocenters. The first-order chi connectivity index (χ1) is 20.6. The van der Waals surface area contributed by atoms with Crippen LogP contribution in [0.2, 0.25) is 0 Å². The molecule has 0 spiro atoms. The highest BCUT2D eigenvalue weighted by molar-refractivity contribution is 5.98. The monoisotopic (exact) mass is 562 g/mol. The molecule has 0 fully saturated rings. The fraction of sp³-hybridized carbons (Fsp3) is 0.242. The van der Waals surface area contributed by atoms with Gasteiger partial charge in [0.25, 0.3) is 5.91 Å². The molecule has 0 aliphatic rings. The van der Waals surface area contributed by atoms with Crippen LogP contribution in [0.25, 0.3) is 33.5 Å². The number of alkyl carbamates (subject to hydrolysis) is 1. The molecule has 5 aromatic rings. The zero-order valence-corrected chi connectivity index (χ0v) is 23.6. The number of unbranched alkanes of at least 4 members (excludes halogenated alkanes) is 1. The van der Waals surface area contributed by atoms with Gasteiger partial charge in [-0.2, -0.15) is 0 Å². The summed E-state index contributed by atoms with van der Waals surface area (Å²) in [5.41, 5.74) is 5.84. The Balaban J connectivity index is 1.43. The molecule has 2 aromatic heterocycles. The van der Waals surface area contributed by atoms with E-state index in [-0.39, 0.29) is 12.5 Å². The Morgan fingerprint density at radius 3 is 2.50 bits per heavy atom. The minimum Gasteiger partial charge on any atom is -0.450 e. The van der Waals surface area contributed by atoms with Crippen molar-refractivity contribution in [1.29, 1.82) is 0 Å². The van der Waals surface area contributed by atoms with E-state index < -0.39 is 6.09 Å². The minimum absolute atomic E-state index is 0.163. The van der Waals surface area contributed by atoms with Crippen LogP contribution in [0.4, 0.5) is 4.79 Å². The van der Waals surface area contributed by atoms with Crippen LogP contribution >= 0.6 is 0 Å². The highest BCUT2D eigenvalue weighted by Gasteiger charge is 2.17. The SMILES string of the molecule is CCCCOC(=O)NCc1ccccc1-c1nc2cc(C(=O)NCCCn3ccnc3)ccc2nc1-c1ccccc1. The molecule has 214 valence electrons. The number of benzene rings is 3. The van der Waals surface area contributed by atoms with Crippen LogP contribution in [-0.4, -0.2) is 44.7 Å². The van der Waals surface area contributed by atoms with E-state index in [2.05, 4.69) is 15.6 Å². The van der Waals surface area contributed by atoms with Gasteiger partial charge in [-0.15, -0.1) is 0 Å². The second kappa shape index (κ2) is 14.0. The molecule has 9 nitrogen and oxygen atoms in total. The van der Waals surface area contributed by atoms with Gasteiger partial charge in [-0.25, -0.2) is 19.7 Å². The van der Waals surface area contributed by atoms with Gasteiger partial charge in [-0.05, 0) is 36.6 Å². The topological polar surface area (TPSA) is 111 Å². The zero-order chi connectivity index (χ0) is 29.1. The number of amides is 2. The molecule has 0 atom stereocenters. The van der Waals surface area contributed by atoms with E-state index in [0.717, 1.165) is 48.2 Å². The number of fused-ring (bicyclic) bond motifs is 1. The molecule has 9 heteroatoms. The van der Waals surface area contributed by atoms with E-state index in [9.17, 15) is 9.59 Å². The Hall–Kier alpha value is -5.05. The van der Waals surface area contributed by atoms with Gasteiger partial charge in [-0.3, -0.25) is 4.79 Å². The summed E-state index contributed by atoms with van der Waals surface area (Å²) in [5.74, 6) is -0.163. The van der Waals surface area contributed by atoms with Crippen LogP contribution in [0.1, 0.15) is 42.1 Å². The molecule has 42 heavy (non-hydrogen) atoms. The largest absolute Gasteiger partial charge is 0.450 e. The maximum absolute atomic E-state index is 13.0. The highest BCUT2D eigenvalue weighted by atomic mass is 16.5. The number of rotatable bonds is 12. The van der Waals surface area contributed by atoms with Gasteiger partial charge in [-0.1, -0.05) is 67.9 Å².